The Labute approximate surface area is 109 Å². The quantitative estimate of drug-likeness (QED) is 0.837. The van der Waals surface area contributed by atoms with E-state index in [0.29, 0.717) is 12.2 Å². The van der Waals surface area contributed by atoms with Gasteiger partial charge in [-0.25, -0.2) is 4.98 Å². The van der Waals surface area contributed by atoms with Crippen LogP contribution in [0.25, 0.3) is 0 Å². The summed E-state index contributed by atoms with van der Waals surface area (Å²) >= 11 is 1.62. The van der Waals surface area contributed by atoms with Crippen LogP contribution >= 0.6 is 11.3 Å². The molecule has 0 unspecified atom stereocenters. The fourth-order valence-electron chi connectivity index (χ4n) is 1.44. The molecule has 2 heterocycles. The van der Waals surface area contributed by atoms with Gasteiger partial charge >= 0.3 is 0 Å². The van der Waals surface area contributed by atoms with E-state index >= 15 is 0 Å². The van der Waals surface area contributed by atoms with Gasteiger partial charge in [0.25, 0.3) is 0 Å². The monoisotopic (exact) mass is 265 g/mol. The highest BCUT2D eigenvalue weighted by Gasteiger charge is 2.05. The normalized spacial score (nSPS) is 10.5. The average Bonchev–Trinajstić information content (AvgIpc) is 2.95. The smallest absolute Gasteiger partial charge is 0.242 e. The molecule has 0 aliphatic heterocycles. The molecule has 0 atom stereocenters. The van der Waals surface area contributed by atoms with Crippen molar-refractivity contribution in [3.8, 4) is 0 Å². The van der Waals surface area contributed by atoms with Crippen LogP contribution in [0.4, 0.5) is 5.69 Å². The number of thiazole rings is 1. The number of aromatic nitrogens is 3. The molecule has 0 aliphatic rings. The first-order valence-electron chi connectivity index (χ1n) is 5.65. The lowest BCUT2D eigenvalue weighted by molar-refractivity contribution is -0.122. The highest BCUT2D eigenvalue weighted by molar-refractivity contribution is 7.11. The van der Waals surface area contributed by atoms with Crippen LogP contribution in [0.15, 0.2) is 18.6 Å². The van der Waals surface area contributed by atoms with Crippen LogP contribution in [0.2, 0.25) is 0 Å². The second-order valence-electron chi connectivity index (χ2n) is 3.82. The van der Waals surface area contributed by atoms with Gasteiger partial charge < -0.3 is 11.1 Å². The fraction of sp³-hybridized carbons (Fsp3) is 0.364. The number of aryl methyl sites for hydroxylation is 1. The zero-order chi connectivity index (χ0) is 13.0. The molecule has 0 spiro atoms. The van der Waals surface area contributed by atoms with Crippen LogP contribution in [-0.2, 0) is 24.3 Å². The van der Waals surface area contributed by atoms with Gasteiger partial charge in [0.05, 0.1) is 18.4 Å². The zero-order valence-corrected chi connectivity index (χ0v) is 10.9. The number of hydrogen-bond donors (Lipinski definition) is 2. The molecule has 7 heteroatoms. The SMILES string of the molecule is CCc1cnc(CNC(=O)Cn2cc(N)cn2)s1. The molecule has 2 aromatic heterocycles. The van der Waals surface area contributed by atoms with Crippen molar-refractivity contribution in [3.63, 3.8) is 0 Å². The maximum atomic E-state index is 11.6. The number of nitrogen functional groups attached to an aromatic ring is 1. The maximum Gasteiger partial charge on any atom is 0.242 e. The lowest BCUT2D eigenvalue weighted by Crippen LogP contribution is -2.27. The molecule has 0 saturated carbocycles. The Morgan fingerprint density at radius 1 is 1.56 bits per heavy atom. The van der Waals surface area contributed by atoms with Gasteiger partial charge in [0.2, 0.25) is 5.91 Å². The lowest BCUT2D eigenvalue weighted by atomic mass is 10.4. The van der Waals surface area contributed by atoms with Crippen LogP contribution in [-0.4, -0.2) is 20.7 Å². The lowest BCUT2D eigenvalue weighted by Gasteiger charge is -2.02. The van der Waals surface area contributed by atoms with Crippen molar-refractivity contribution in [2.75, 3.05) is 5.73 Å². The third kappa shape index (κ3) is 3.30. The van der Waals surface area contributed by atoms with Crippen molar-refractivity contribution in [2.45, 2.75) is 26.4 Å². The predicted molar refractivity (Wildman–Crippen MR) is 70.0 cm³/mol. The minimum Gasteiger partial charge on any atom is -0.396 e. The fourth-order valence-corrected chi connectivity index (χ4v) is 2.24. The Hall–Kier alpha value is -1.89. The van der Waals surface area contributed by atoms with Crippen LogP contribution in [0.3, 0.4) is 0 Å². The average molecular weight is 265 g/mol. The summed E-state index contributed by atoms with van der Waals surface area (Å²) in [6.07, 6.45) is 5.96. The number of nitrogens with zero attached hydrogens (tertiary/aromatic N) is 3. The van der Waals surface area contributed by atoms with Gasteiger partial charge in [0.15, 0.2) is 0 Å². The molecule has 18 heavy (non-hydrogen) atoms. The molecule has 0 bridgehead atoms. The van der Waals surface area contributed by atoms with E-state index in [4.69, 9.17) is 5.73 Å². The molecule has 6 nitrogen and oxygen atoms in total. The minimum atomic E-state index is -0.105. The number of hydrogen-bond acceptors (Lipinski definition) is 5. The number of anilines is 1. The summed E-state index contributed by atoms with van der Waals surface area (Å²) in [6, 6.07) is 0. The van der Waals surface area contributed by atoms with E-state index in [1.54, 1.807) is 17.5 Å². The third-order valence-electron chi connectivity index (χ3n) is 2.35. The molecule has 0 saturated heterocycles. The number of rotatable bonds is 5. The summed E-state index contributed by atoms with van der Waals surface area (Å²) in [6.45, 7) is 2.71. The largest absolute Gasteiger partial charge is 0.396 e. The topological polar surface area (TPSA) is 85.8 Å². The number of nitrogens with one attached hydrogen (secondary N) is 1. The Balaban J connectivity index is 1.81. The van der Waals surface area contributed by atoms with Crippen molar-refractivity contribution >= 4 is 22.9 Å². The Morgan fingerprint density at radius 3 is 3.00 bits per heavy atom. The molecule has 2 aromatic rings. The van der Waals surface area contributed by atoms with Gasteiger partial charge in [0, 0.05) is 17.3 Å². The Morgan fingerprint density at radius 2 is 2.39 bits per heavy atom. The van der Waals surface area contributed by atoms with Gasteiger partial charge in [-0.15, -0.1) is 11.3 Å². The Kier molecular flexibility index (Phi) is 3.93. The highest BCUT2D eigenvalue weighted by atomic mass is 32.1. The summed E-state index contributed by atoms with van der Waals surface area (Å²) in [5.74, 6) is -0.105. The number of nitrogens with two attached hydrogens (primary N) is 1. The van der Waals surface area contributed by atoms with Gasteiger partial charge in [-0.2, -0.15) is 5.10 Å². The van der Waals surface area contributed by atoms with Crippen LogP contribution in [0, 0.1) is 0 Å². The second-order valence-corrected chi connectivity index (χ2v) is 5.02. The van der Waals surface area contributed by atoms with Crippen molar-refractivity contribution in [1.82, 2.24) is 20.1 Å². The first-order valence-corrected chi connectivity index (χ1v) is 6.47. The predicted octanol–water partition coefficient (Wildman–Crippen LogP) is 0.801. The summed E-state index contributed by atoms with van der Waals surface area (Å²) in [5.41, 5.74) is 6.07. The summed E-state index contributed by atoms with van der Waals surface area (Å²) in [5, 5.41) is 7.66. The molecule has 0 aromatic carbocycles. The van der Waals surface area contributed by atoms with E-state index in [1.165, 1.54) is 15.8 Å². The first kappa shape index (κ1) is 12.6. The van der Waals surface area contributed by atoms with Gasteiger partial charge in [-0.05, 0) is 6.42 Å². The summed E-state index contributed by atoms with van der Waals surface area (Å²) in [7, 11) is 0. The summed E-state index contributed by atoms with van der Waals surface area (Å²) in [4.78, 5) is 17.1. The second kappa shape index (κ2) is 5.63. The van der Waals surface area contributed by atoms with E-state index in [1.807, 2.05) is 6.20 Å². The molecule has 96 valence electrons. The van der Waals surface area contributed by atoms with Crippen LogP contribution in [0.5, 0.6) is 0 Å². The van der Waals surface area contributed by atoms with Gasteiger partial charge in [0.1, 0.15) is 11.6 Å². The molecule has 1 amide bonds. The van der Waals surface area contributed by atoms with Crippen molar-refractivity contribution in [2.24, 2.45) is 0 Å². The van der Waals surface area contributed by atoms with Crippen LogP contribution < -0.4 is 11.1 Å². The van der Waals surface area contributed by atoms with Gasteiger partial charge in [-0.1, -0.05) is 6.92 Å². The van der Waals surface area contributed by atoms with E-state index in [0.717, 1.165) is 11.4 Å². The van der Waals surface area contributed by atoms with Crippen molar-refractivity contribution in [1.29, 1.82) is 0 Å². The van der Waals surface area contributed by atoms with E-state index < -0.39 is 0 Å². The first-order chi connectivity index (χ1) is 8.67. The number of carbonyl (C=O) groups is 1. The zero-order valence-electron chi connectivity index (χ0n) is 10.1. The number of carbonyl (C=O) groups excluding carboxylic acids is 1. The van der Waals surface area contributed by atoms with Crippen molar-refractivity contribution in [3.05, 3.63) is 28.5 Å². The van der Waals surface area contributed by atoms with Crippen LogP contribution in [0.1, 0.15) is 16.8 Å². The Bertz CT molecular complexity index is 533. The third-order valence-corrected chi connectivity index (χ3v) is 3.49. The van der Waals surface area contributed by atoms with Gasteiger partial charge in [-0.3, -0.25) is 9.48 Å². The molecular formula is C11H15N5OS. The molecule has 0 fully saturated rings. The van der Waals surface area contributed by atoms with E-state index in [9.17, 15) is 4.79 Å². The van der Waals surface area contributed by atoms with E-state index in [2.05, 4.69) is 22.3 Å². The summed E-state index contributed by atoms with van der Waals surface area (Å²) < 4.78 is 1.50. The highest BCUT2D eigenvalue weighted by Crippen LogP contribution is 2.12. The molecule has 2 rings (SSSR count). The standard InChI is InChI=1S/C11H15N5OS/c1-2-9-4-14-11(18-9)5-13-10(17)7-16-6-8(12)3-15-16/h3-4,6H,2,5,7,12H2,1H3,(H,13,17). The maximum absolute atomic E-state index is 11.6. The minimum absolute atomic E-state index is 0.105. The van der Waals surface area contributed by atoms with Crippen molar-refractivity contribution < 1.29 is 4.79 Å². The van der Waals surface area contributed by atoms with E-state index in [-0.39, 0.29) is 12.5 Å². The number of amides is 1. The molecule has 3 N–H and O–H groups in total. The molecule has 0 radical (unpaired) electrons. The molecule has 0 aliphatic carbocycles. The molecular weight excluding hydrogens is 250 g/mol.